The maximum atomic E-state index is 3.80. The van der Waals surface area contributed by atoms with Crippen molar-refractivity contribution in [2.75, 3.05) is 6.54 Å². The lowest BCUT2D eigenvalue weighted by Gasteiger charge is -2.23. The van der Waals surface area contributed by atoms with Crippen LogP contribution in [0.1, 0.15) is 57.1 Å². The van der Waals surface area contributed by atoms with E-state index in [0.29, 0.717) is 6.04 Å². The molecule has 2 heteroatoms. The van der Waals surface area contributed by atoms with Crippen molar-refractivity contribution in [1.29, 1.82) is 0 Å². The molecule has 0 spiro atoms. The Labute approximate surface area is 126 Å². The molecule has 1 unspecified atom stereocenters. The number of hydrogen-bond donors (Lipinski definition) is 1. The van der Waals surface area contributed by atoms with Crippen LogP contribution >= 0.6 is 11.3 Å². The summed E-state index contributed by atoms with van der Waals surface area (Å²) in [6.45, 7) is 3.38. The molecule has 0 amide bonds. The first-order valence-electron chi connectivity index (χ1n) is 8.08. The summed E-state index contributed by atoms with van der Waals surface area (Å²) in [6, 6.07) is 9.58. The van der Waals surface area contributed by atoms with Crippen molar-refractivity contribution in [3.8, 4) is 0 Å². The Kier molecular flexibility index (Phi) is 4.74. The Balaban J connectivity index is 1.84. The maximum absolute atomic E-state index is 3.80. The van der Waals surface area contributed by atoms with Crippen molar-refractivity contribution in [2.24, 2.45) is 5.92 Å². The zero-order chi connectivity index (χ0) is 13.8. The summed E-state index contributed by atoms with van der Waals surface area (Å²) < 4.78 is 1.49. The zero-order valence-corrected chi connectivity index (χ0v) is 13.2. The normalized spacial score (nSPS) is 17.9. The Morgan fingerprint density at radius 2 is 2.10 bits per heavy atom. The van der Waals surface area contributed by atoms with Crippen LogP contribution in [-0.4, -0.2) is 6.54 Å². The number of hydrogen-bond acceptors (Lipinski definition) is 2. The number of rotatable bonds is 6. The van der Waals surface area contributed by atoms with Gasteiger partial charge in [0.05, 0.1) is 0 Å². The van der Waals surface area contributed by atoms with Gasteiger partial charge in [0.2, 0.25) is 0 Å². The molecule has 20 heavy (non-hydrogen) atoms. The highest BCUT2D eigenvalue weighted by atomic mass is 32.1. The van der Waals surface area contributed by atoms with Gasteiger partial charge in [0.15, 0.2) is 0 Å². The van der Waals surface area contributed by atoms with E-state index in [4.69, 9.17) is 0 Å². The summed E-state index contributed by atoms with van der Waals surface area (Å²) in [6.07, 6.45) is 8.27. The van der Waals surface area contributed by atoms with Crippen LogP contribution < -0.4 is 5.32 Å². The molecule has 2 aromatic rings. The predicted octanol–water partition coefficient (Wildman–Crippen LogP) is 5.52. The largest absolute Gasteiger partial charge is 0.310 e. The van der Waals surface area contributed by atoms with E-state index in [1.54, 1.807) is 0 Å². The molecule has 1 fully saturated rings. The van der Waals surface area contributed by atoms with Crippen molar-refractivity contribution in [3.63, 3.8) is 0 Å². The third kappa shape index (κ3) is 3.07. The third-order valence-corrected chi connectivity index (χ3v) is 5.55. The fraction of sp³-hybridized carbons (Fsp3) is 0.556. The predicted molar refractivity (Wildman–Crippen MR) is 89.4 cm³/mol. The monoisotopic (exact) mass is 287 g/mol. The number of thiophene rings is 1. The van der Waals surface area contributed by atoms with E-state index in [1.165, 1.54) is 54.2 Å². The highest BCUT2D eigenvalue weighted by Crippen LogP contribution is 2.36. The van der Waals surface area contributed by atoms with Crippen molar-refractivity contribution in [1.82, 2.24) is 5.32 Å². The molecule has 1 N–H and O–H groups in total. The van der Waals surface area contributed by atoms with Gasteiger partial charge in [-0.2, -0.15) is 0 Å². The second-order valence-electron chi connectivity index (χ2n) is 6.08. The van der Waals surface area contributed by atoms with Crippen molar-refractivity contribution in [2.45, 2.75) is 51.5 Å². The molecular weight excluding hydrogens is 262 g/mol. The lowest BCUT2D eigenvalue weighted by Crippen LogP contribution is -2.24. The molecular formula is C18H25NS. The summed E-state index contributed by atoms with van der Waals surface area (Å²) in [4.78, 5) is 0. The van der Waals surface area contributed by atoms with Gasteiger partial charge >= 0.3 is 0 Å². The van der Waals surface area contributed by atoms with E-state index >= 15 is 0 Å². The van der Waals surface area contributed by atoms with E-state index in [0.717, 1.165) is 12.5 Å². The van der Waals surface area contributed by atoms with Crippen LogP contribution in [0.5, 0.6) is 0 Å². The Hall–Kier alpha value is -0.860. The van der Waals surface area contributed by atoms with Gasteiger partial charge in [0.1, 0.15) is 0 Å². The molecule has 0 radical (unpaired) electrons. The van der Waals surface area contributed by atoms with Gasteiger partial charge in [0, 0.05) is 10.7 Å². The summed E-state index contributed by atoms with van der Waals surface area (Å²) in [7, 11) is 0. The van der Waals surface area contributed by atoms with E-state index in [9.17, 15) is 0 Å². The molecule has 1 saturated carbocycles. The summed E-state index contributed by atoms with van der Waals surface area (Å²) >= 11 is 1.89. The molecule has 1 aromatic carbocycles. The fourth-order valence-corrected chi connectivity index (χ4v) is 4.48. The summed E-state index contributed by atoms with van der Waals surface area (Å²) in [5, 5.41) is 7.43. The van der Waals surface area contributed by atoms with Crippen LogP contribution in [-0.2, 0) is 0 Å². The van der Waals surface area contributed by atoms with Crippen molar-refractivity contribution < 1.29 is 0 Å². The van der Waals surface area contributed by atoms with Crippen LogP contribution in [0.2, 0.25) is 0 Å². The molecule has 1 heterocycles. The maximum Gasteiger partial charge on any atom is 0.0390 e. The Morgan fingerprint density at radius 1 is 1.25 bits per heavy atom. The van der Waals surface area contributed by atoms with Gasteiger partial charge in [-0.3, -0.25) is 0 Å². The van der Waals surface area contributed by atoms with Crippen LogP contribution in [0.4, 0.5) is 0 Å². The zero-order valence-electron chi connectivity index (χ0n) is 12.4. The van der Waals surface area contributed by atoms with Gasteiger partial charge in [-0.15, -0.1) is 11.3 Å². The topological polar surface area (TPSA) is 12.0 Å². The number of nitrogens with one attached hydrogen (secondary N) is 1. The van der Waals surface area contributed by atoms with Gasteiger partial charge < -0.3 is 5.32 Å². The highest BCUT2D eigenvalue weighted by Gasteiger charge is 2.22. The first-order valence-corrected chi connectivity index (χ1v) is 8.96. The van der Waals surface area contributed by atoms with E-state index in [2.05, 4.69) is 41.9 Å². The minimum absolute atomic E-state index is 0.542. The van der Waals surface area contributed by atoms with Crippen LogP contribution in [0.15, 0.2) is 29.6 Å². The molecule has 0 saturated heterocycles. The quantitative estimate of drug-likeness (QED) is 0.737. The van der Waals surface area contributed by atoms with E-state index in [1.807, 2.05) is 11.3 Å². The first kappa shape index (κ1) is 14.1. The van der Waals surface area contributed by atoms with Crippen LogP contribution in [0.3, 0.4) is 0 Å². The molecule has 3 rings (SSSR count). The van der Waals surface area contributed by atoms with Crippen molar-refractivity contribution >= 4 is 21.4 Å². The molecule has 0 bridgehead atoms. The van der Waals surface area contributed by atoms with Crippen LogP contribution in [0.25, 0.3) is 10.1 Å². The first-order chi connectivity index (χ1) is 9.88. The molecule has 108 valence electrons. The summed E-state index contributed by atoms with van der Waals surface area (Å²) in [5.41, 5.74) is 1.53. The van der Waals surface area contributed by atoms with E-state index < -0.39 is 0 Å². The van der Waals surface area contributed by atoms with Gasteiger partial charge in [-0.05, 0) is 47.7 Å². The third-order valence-electron chi connectivity index (χ3n) is 4.57. The molecule has 0 aliphatic heterocycles. The van der Waals surface area contributed by atoms with Crippen molar-refractivity contribution in [3.05, 3.63) is 35.2 Å². The minimum Gasteiger partial charge on any atom is -0.310 e. The Morgan fingerprint density at radius 3 is 2.90 bits per heavy atom. The lowest BCUT2D eigenvalue weighted by atomic mass is 9.93. The molecule has 1 atom stereocenters. The molecule has 1 aliphatic rings. The minimum atomic E-state index is 0.542. The number of benzene rings is 1. The lowest BCUT2D eigenvalue weighted by molar-refractivity contribution is 0.397. The number of fused-ring (bicyclic) bond motifs is 1. The summed E-state index contributed by atoms with van der Waals surface area (Å²) in [5.74, 6) is 0.930. The second kappa shape index (κ2) is 6.73. The highest BCUT2D eigenvalue weighted by molar-refractivity contribution is 7.17. The molecule has 1 aromatic heterocycles. The second-order valence-corrected chi connectivity index (χ2v) is 7.00. The van der Waals surface area contributed by atoms with E-state index in [-0.39, 0.29) is 0 Å². The average molecular weight is 287 g/mol. The SMILES string of the molecule is CCCNC(CC1CCCC1)c1cccc2ccsc12. The van der Waals surface area contributed by atoms with Gasteiger partial charge in [0.25, 0.3) is 0 Å². The van der Waals surface area contributed by atoms with Gasteiger partial charge in [-0.25, -0.2) is 0 Å². The smallest absolute Gasteiger partial charge is 0.0390 e. The standard InChI is InChI=1S/C18H25NS/c1-2-11-19-17(13-14-6-3-4-7-14)16-9-5-8-15-10-12-20-18(15)16/h5,8-10,12,14,17,19H,2-4,6-7,11,13H2,1H3. The average Bonchev–Trinajstić information content (AvgIpc) is 3.13. The fourth-order valence-electron chi connectivity index (χ4n) is 3.51. The molecule has 1 aliphatic carbocycles. The Bertz CT molecular complexity index is 539. The molecule has 1 nitrogen and oxygen atoms in total. The van der Waals surface area contributed by atoms with Crippen LogP contribution in [0, 0.1) is 5.92 Å². The van der Waals surface area contributed by atoms with Gasteiger partial charge in [-0.1, -0.05) is 50.8 Å².